The van der Waals surface area contributed by atoms with Gasteiger partial charge in [-0.05, 0) is 44.0 Å². The van der Waals surface area contributed by atoms with Gasteiger partial charge >= 0.3 is 0 Å². The third kappa shape index (κ3) is 4.48. The van der Waals surface area contributed by atoms with Crippen molar-refractivity contribution in [1.29, 1.82) is 5.26 Å². The molecule has 0 aliphatic carbocycles. The van der Waals surface area contributed by atoms with Crippen molar-refractivity contribution in [2.75, 3.05) is 18.1 Å². The highest BCUT2D eigenvalue weighted by Crippen LogP contribution is 2.21. The van der Waals surface area contributed by atoms with Crippen molar-refractivity contribution < 1.29 is 17.9 Å². The quantitative estimate of drug-likeness (QED) is 0.780. The Labute approximate surface area is 142 Å². The third-order valence-corrected chi connectivity index (χ3v) is 5.79. The lowest BCUT2D eigenvalue weighted by Gasteiger charge is -2.30. The van der Waals surface area contributed by atoms with Gasteiger partial charge in [-0.3, -0.25) is 4.79 Å². The first-order valence-electron chi connectivity index (χ1n) is 8.04. The van der Waals surface area contributed by atoms with Crippen LogP contribution >= 0.6 is 0 Å². The molecule has 1 amide bonds. The molecule has 1 saturated heterocycles. The van der Waals surface area contributed by atoms with Crippen LogP contribution in [-0.2, 0) is 14.6 Å². The molecule has 7 heteroatoms. The van der Waals surface area contributed by atoms with Crippen molar-refractivity contribution in [3.05, 3.63) is 29.8 Å². The maximum Gasteiger partial charge on any atom is 0.263 e. The van der Waals surface area contributed by atoms with Gasteiger partial charge in [-0.15, -0.1) is 0 Å². The minimum Gasteiger partial charge on any atom is -0.481 e. The molecule has 0 spiro atoms. The monoisotopic (exact) mass is 350 g/mol. The molecule has 2 rings (SSSR count). The summed E-state index contributed by atoms with van der Waals surface area (Å²) in [5.74, 6) is 0.465. The van der Waals surface area contributed by atoms with Gasteiger partial charge in [-0.1, -0.05) is 6.92 Å². The molecule has 0 bridgehead atoms. The summed E-state index contributed by atoms with van der Waals surface area (Å²) in [6.45, 7) is 4.13. The average Bonchev–Trinajstić information content (AvgIpc) is 2.92. The maximum atomic E-state index is 12.7. The Morgan fingerprint density at radius 2 is 2.08 bits per heavy atom. The Morgan fingerprint density at radius 1 is 1.42 bits per heavy atom. The van der Waals surface area contributed by atoms with Gasteiger partial charge in [-0.2, -0.15) is 5.26 Å². The zero-order valence-electron chi connectivity index (χ0n) is 13.9. The predicted molar refractivity (Wildman–Crippen MR) is 90.3 cm³/mol. The largest absolute Gasteiger partial charge is 0.481 e. The van der Waals surface area contributed by atoms with Crippen molar-refractivity contribution in [3.8, 4) is 11.8 Å². The summed E-state index contributed by atoms with van der Waals surface area (Å²) in [5, 5.41) is 8.79. The van der Waals surface area contributed by atoms with Crippen LogP contribution in [0.4, 0.5) is 0 Å². The Kier molecular flexibility index (Phi) is 5.84. The molecule has 1 aromatic carbocycles. The van der Waals surface area contributed by atoms with E-state index in [-0.39, 0.29) is 23.5 Å². The van der Waals surface area contributed by atoms with Crippen LogP contribution in [0, 0.1) is 11.3 Å². The number of nitrogens with zero attached hydrogens (tertiary/aromatic N) is 2. The molecule has 1 aliphatic rings. The molecule has 0 saturated carbocycles. The van der Waals surface area contributed by atoms with E-state index in [1.54, 1.807) is 36.1 Å². The smallest absolute Gasteiger partial charge is 0.263 e. The Morgan fingerprint density at radius 3 is 2.58 bits per heavy atom. The molecule has 1 fully saturated rings. The second-order valence-electron chi connectivity index (χ2n) is 5.98. The molecular weight excluding hydrogens is 328 g/mol. The molecule has 6 nitrogen and oxygen atoms in total. The SMILES string of the molecule is CCCN(C(=O)C(C)Oc1ccc(C#N)cc1)C1CCS(=O)(=O)C1. The lowest BCUT2D eigenvalue weighted by atomic mass is 10.2. The van der Waals surface area contributed by atoms with Gasteiger partial charge in [0.15, 0.2) is 15.9 Å². The van der Waals surface area contributed by atoms with Crippen molar-refractivity contribution in [2.45, 2.75) is 38.8 Å². The molecule has 2 atom stereocenters. The van der Waals surface area contributed by atoms with E-state index in [0.717, 1.165) is 6.42 Å². The Hall–Kier alpha value is -2.07. The first-order chi connectivity index (χ1) is 11.4. The summed E-state index contributed by atoms with van der Waals surface area (Å²) < 4.78 is 29.1. The highest BCUT2D eigenvalue weighted by Gasteiger charge is 2.36. The number of hydrogen-bond acceptors (Lipinski definition) is 5. The minimum absolute atomic E-state index is 0.0301. The lowest BCUT2D eigenvalue weighted by Crippen LogP contribution is -2.47. The topological polar surface area (TPSA) is 87.5 Å². The Bertz CT molecular complexity index is 722. The molecule has 0 N–H and O–H groups in total. The average molecular weight is 350 g/mol. The summed E-state index contributed by atoms with van der Waals surface area (Å²) in [4.78, 5) is 14.4. The molecule has 24 heavy (non-hydrogen) atoms. The van der Waals surface area contributed by atoms with E-state index in [0.29, 0.717) is 24.3 Å². The zero-order chi connectivity index (χ0) is 17.7. The number of sulfone groups is 1. The van der Waals surface area contributed by atoms with Crippen LogP contribution in [0.1, 0.15) is 32.3 Å². The number of hydrogen-bond donors (Lipinski definition) is 0. The van der Waals surface area contributed by atoms with Gasteiger partial charge in [0.1, 0.15) is 5.75 Å². The number of nitriles is 1. The van der Waals surface area contributed by atoms with Crippen LogP contribution in [0.15, 0.2) is 24.3 Å². The van der Waals surface area contributed by atoms with Gasteiger partial charge in [0.25, 0.3) is 5.91 Å². The second kappa shape index (κ2) is 7.67. The lowest BCUT2D eigenvalue weighted by molar-refractivity contribution is -0.139. The summed E-state index contributed by atoms with van der Waals surface area (Å²) >= 11 is 0. The van der Waals surface area contributed by atoms with Gasteiger partial charge in [0.05, 0.1) is 23.1 Å². The summed E-state index contributed by atoms with van der Waals surface area (Å²) in [6, 6.07) is 8.29. The van der Waals surface area contributed by atoms with Gasteiger partial charge in [0, 0.05) is 12.6 Å². The van der Waals surface area contributed by atoms with Crippen LogP contribution in [0.25, 0.3) is 0 Å². The number of amides is 1. The normalized spacial score (nSPS) is 20.1. The molecule has 1 aromatic rings. The molecule has 1 heterocycles. The van der Waals surface area contributed by atoms with E-state index in [2.05, 4.69) is 0 Å². The number of carbonyl (C=O) groups is 1. The third-order valence-electron chi connectivity index (χ3n) is 4.04. The standard InChI is InChI=1S/C17H22N2O4S/c1-3-9-19(15-8-10-24(21,22)12-15)17(20)13(2)23-16-6-4-14(11-18)5-7-16/h4-7,13,15H,3,8-10,12H2,1-2H3. The summed E-state index contributed by atoms with van der Waals surface area (Å²) in [5.41, 5.74) is 0.519. The Balaban J connectivity index is 2.06. The van der Waals surface area contributed by atoms with Crippen LogP contribution in [0.3, 0.4) is 0 Å². The van der Waals surface area contributed by atoms with Gasteiger partial charge in [0.2, 0.25) is 0 Å². The fraction of sp³-hybridized carbons (Fsp3) is 0.529. The van der Waals surface area contributed by atoms with E-state index < -0.39 is 15.9 Å². The first-order valence-corrected chi connectivity index (χ1v) is 9.86. The minimum atomic E-state index is -3.05. The molecule has 130 valence electrons. The van der Waals surface area contributed by atoms with Crippen LogP contribution in [0.5, 0.6) is 5.75 Å². The maximum absolute atomic E-state index is 12.7. The summed E-state index contributed by atoms with van der Waals surface area (Å²) in [7, 11) is -3.05. The van der Waals surface area contributed by atoms with Crippen molar-refractivity contribution >= 4 is 15.7 Å². The predicted octanol–water partition coefficient (Wildman–Crippen LogP) is 1.75. The molecule has 0 radical (unpaired) electrons. The van der Waals surface area contributed by atoms with Crippen LogP contribution in [0.2, 0.25) is 0 Å². The fourth-order valence-electron chi connectivity index (χ4n) is 2.83. The van der Waals surface area contributed by atoms with E-state index in [9.17, 15) is 13.2 Å². The van der Waals surface area contributed by atoms with E-state index in [1.165, 1.54) is 0 Å². The van der Waals surface area contributed by atoms with E-state index in [1.807, 2.05) is 13.0 Å². The highest BCUT2D eigenvalue weighted by atomic mass is 32.2. The number of benzene rings is 1. The van der Waals surface area contributed by atoms with Gasteiger partial charge in [-0.25, -0.2) is 8.42 Å². The van der Waals surface area contributed by atoms with Gasteiger partial charge < -0.3 is 9.64 Å². The van der Waals surface area contributed by atoms with Crippen molar-refractivity contribution in [3.63, 3.8) is 0 Å². The fourth-order valence-corrected chi connectivity index (χ4v) is 4.56. The summed E-state index contributed by atoms with van der Waals surface area (Å²) in [6.07, 6.45) is 0.525. The number of rotatable bonds is 6. The van der Waals surface area contributed by atoms with E-state index >= 15 is 0 Å². The van der Waals surface area contributed by atoms with Crippen LogP contribution in [-0.4, -0.2) is 49.4 Å². The molecular formula is C17H22N2O4S. The first kappa shape index (κ1) is 18.3. The van der Waals surface area contributed by atoms with E-state index in [4.69, 9.17) is 10.00 Å². The zero-order valence-corrected chi connectivity index (χ0v) is 14.8. The number of ether oxygens (including phenoxy) is 1. The van der Waals surface area contributed by atoms with Crippen LogP contribution < -0.4 is 4.74 Å². The second-order valence-corrected chi connectivity index (χ2v) is 8.21. The molecule has 2 unspecified atom stereocenters. The van der Waals surface area contributed by atoms with Crippen molar-refractivity contribution in [1.82, 2.24) is 4.90 Å². The van der Waals surface area contributed by atoms with Crippen molar-refractivity contribution in [2.24, 2.45) is 0 Å². The highest BCUT2D eigenvalue weighted by molar-refractivity contribution is 7.91. The molecule has 1 aliphatic heterocycles. The number of carbonyl (C=O) groups excluding carboxylic acids is 1. The molecule has 0 aromatic heterocycles.